The Balaban J connectivity index is 2.73. The lowest BCUT2D eigenvalue weighted by Gasteiger charge is -2.19. The first-order valence-electron chi connectivity index (χ1n) is 6.31. The fraction of sp³-hybridized carbons (Fsp3) is 0.429. The molecule has 0 saturated carbocycles. The fourth-order valence-electron chi connectivity index (χ4n) is 1.66. The first-order chi connectivity index (χ1) is 9.08. The second kappa shape index (κ2) is 7.53. The Labute approximate surface area is 113 Å². The molecule has 2 unspecified atom stereocenters. The molecule has 0 radical (unpaired) electrons. The van der Waals surface area contributed by atoms with Crippen molar-refractivity contribution < 1.29 is 9.59 Å². The number of carbonyl (C=O) groups excluding carboxylic acids is 2. The lowest BCUT2D eigenvalue weighted by atomic mass is 10.0. The highest BCUT2D eigenvalue weighted by molar-refractivity contribution is 5.89. The molecule has 1 rings (SSSR count). The molecule has 0 fully saturated rings. The van der Waals surface area contributed by atoms with Crippen LogP contribution in [0.2, 0.25) is 0 Å². The number of carbonyl (C=O) groups is 2. The zero-order valence-electron chi connectivity index (χ0n) is 11.6. The molecule has 1 aromatic carbocycles. The van der Waals surface area contributed by atoms with Crippen LogP contribution in [0.1, 0.15) is 12.5 Å². The molecule has 3 N–H and O–H groups in total. The number of benzene rings is 1. The van der Waals surface area contributed by atoms with Crippen LogP contribution in [0.25, 0.3) is 0 Å². The molecule has 0 spiro atoms. The van der Waals surface area contributed by atoms with E-state index in [0.717, 1.165) is 5.56 Å². The third-order valence-electron chi connectivity index (χ3n) is 2.99. The number of rotatable bonds is 6. The predicted molar refractivity (Wildman–Crippen MR) is 74.7 cm³/mol. The van der Waals surface area contributed by atoms with Crippen LogP contribution in [-0.4, -0.2) is 38.0 Å². The predicted octanol–water partition coefficient (Wildman–Crippen LogP) is 0.0678. The Morgan fingerprint density at radius 1 is 1.11 bits per heavy atom. The highest BCUT2D eigenvalue weighted by Crippen LogP contribution is 2.03. The summed E-state index contributed by atoms with van der Waals surface area (Å²) < 4.78 is 0. The van der Waals surface area contributed by atoms with Crippen molar-refractivity contribution >= 4 is 11.8 Å². The standard InChI is InChI=1S/C14H21N3O2/c1-10(15-2)13(18)17-12(14(19)16-3)9-11-7-5-4-6-8-11/h4-8,10,12,15H,9H2,1-3H3,(H,16,19)(H,17,18). The van der Waals surface area contributed by atoms with Crippen LogP contribution in [0, 0.1) is 0 Å². The van der Waals surface area contributed by atoms with Gasteiger partial charge in [-0.15, -0.1) is 0 Å². The average Bonchev–Trinajstić information content (AvgIpc) is 2.45. The lowest BCUT2D eigenvalue weighted by Crippen LogP contribution is -2.51. The van der Waals surface area contributed by atoms with Crippen LogP contribution in [0.3, 0.4) is 0 Å². The Hall–Kier alpha value is -1.88. The maximum atomic E-state index is 11.8. The molecular formula is C14H21N3O2. The Morgan fingerprint density at radius 3 is 2.26 bits per heavy atom. The second-order valence-corrected chi connectivity index (χ2v) is 4.38. The molecule has 104 valence electrons. The van der Waals surface area contributed by atoms with Gasteiger partial charge in [-0.2, -0.15) is 0 Å². The molecule has 0 aromatic heterocycles. The largest absolute Gasteiger partial charge is 0.357 e. The number of hydrogen-bond acceptors (Lipinski definition) is 3. The van der Waals surface area contributed by atoms with E-state index in [0.29, 0.717) is 6.42 Å². The van der Waals surface area contributed by atoms with E-state index in [2.05, 4.69) is 16.0 Å². The van der Waals surface area contributed by atoms with E-state index >= 15 is 0 Å². The van der Waals surface area contributed by atoms with E-state index in [1.165, 1.54) is 0 Å². The van der Waals surface area contributed by atoms with Crippen molar-refractivity contribution in [2.24, 2.45) is 0 Å². The summed E-state index contributed by atoms with van der Waals surface area (Å²) in [6.45, 7) is 1.75. The molecule has 19 heavy (non-hydrogen) atoms. The summed E-state index contributed by atoms with van der Waals surface area (Å²) in [5, 5.41) is 8.17. The van der Waals surface area contributed by atoms with Crippen molar-refractivity contribution in [3.05, 3.63) is 35.9 Å². The highest BCUT2D eigenvalue weighted by atomic mass is 16.2. The quantitative estimate of drug-likeness (QED) is 0.680. The van der Waals surface area contributed by atoms with Gasteiger partial charge in [-0.25, -0.2) is 0 Å². The fourth-order valence-corrected chi connectivity index (χ4v) is 1.66. The minimum absolute atomic E-state index is 0.188. The zero-order chi connectivity index (χ0) is 14.3. The highest BCUT2D eigenvalue weighted by Gasteiger charge is 2.22. The molecule has 0 bridgehead atoms. The van der Waals surface area contributed by atoms with Gasteiger partial charge in [0, 0.05) is 13.5 Å². The van der Waals surface area contributed by atoms with Crippen LogP contribution in [0.4, 0.5) is 0 Å². The lowest BCUT2D eigenvalue weighted by molar-refractivity contribution is -0.129. The van der Waals surface area contributed by atoms with E-state index in [4.69, 9.17) is 0 Å². The molecule has 5 nitrogen and oxygen atoms in total. The van der Waals surface area contributed by atoms with Gasteiger partial charge in [0.25, 0.3) is 0 Å². The first kappa shape index (κ1) is 15.2. The minimum atomic E-state index is -0.560. The van der Waals surface area contributed by atoms with Crippen molar-refractivity contribution in [1.29, 1.82) is 0 Å². The Bertz CT molecular complexity index is 420. The van der Waals surface area contributed by atoms with Gasteiger partial charge in [0.15, 0.2) is 0 Å². The van der Waals surface area contributed by atoms with Gasteiger partial charge in [-0.05, 0) is 19.5 Å². The molecule has 0 aliphatic heterocycles. The number of nitrogens with one attached hydrogen (secondary N) is 3. The van der Waals surface area contributed by atoms with E-state index < -0.39 is 6.04 Å². The Morgan fingerprint density at radius 2 is 1.74 bits per heavy atom. The van der Waals surface area contributed by atoms with Crippen LogP contribution in [-0.2, 0) is 16.0 Å². The summed E-state index contributed by atoms with van der Waals surface area (Å²) in [4.78, 5) is 23.7. The van der Waals surface area contributed by atoms with Crippen LogP contribution in [0.5, 0.6) is 0 Å². The van der Waals surface area contributed by atoms with Gasteiger partial charge in [0.1, 0.15) is 6.04 Å². The molecule has 1 aromatic rings. The third-order valence-corrected chi connectivity index (χ3v) is 2.99. The smallest absolute Gasteiger partial charge is 0.242 e. The summed E-state index contributed by atoms with van der Waals surface area (Å²) in [6.07, 6.45) is 0.475. The van der Waals surface area contributed by atoms with Crippen molar-refractivity contribution in [2.45, 2.75) is 25.4 Å². The zero-order valence-corrected chi connectivity index (χ0v) is 11.6. The molecule has 0 aliphatic rings. The van der Waals surface area contributed by atoms with Crippen molar-refractivity contribution in [3.8, 4) is 0 Å². The topological polar surface area (TPSA) is 70.2 Å². The monoisotopic (exact) mass is 263 g/mol. The van der Waals surface area contributed by atoms with Gasteiger partial charge < -0.3 is 16.0 Å². The van der Waals surface area contributed by atoms with Crippen molar-refractivity contribution in [1.82, 2.24) is 16.0 Å². The first-order valence-corrected chi connectivity index (χ1v) is 6.31. The second-order valence-electron chi connectivity index (χ2n) is 4.38. The van der Waals surface area contributed by atoms with E-state index in [-0.39, 0.29) is 17.9 Å². The molecule has 2 amide bonds. The van der Waals surface area contributed by atoms with Gasteiger partial charge in [-0.1, -0.05) is 30.3 Å². The van der Waals surface area contributed by atoms with Crippen LogP contribution < -0.4 is 16.0 Å². The van der Waals surface area contributed by atoms with Crippen molar-refractivity contribution in [2.75, 3.05) is 14.1 Å². The molecule has 0 heterocycles. The molecule has 0 aliphatic carbocycles. The number of likely N-dealkylation sites (N-methyl/N-ethyl adjacent to an activating group) is 2. The van der Waals surface area contributed by atoms with Gasteiger partial charge in [-0.3, -0.25) is 9.59 Å². The molecular weight excluding hydrogens is 242 g/mol. The normalized spacial score (nSPS) is 13.4. The van der Waals surface area contributed by atoms with Crippen LogP contribution in [0.15, 0.2) is 30.3 Å². The molecule has 2 atom stereocenters. The van der Waals surface area contributed by atoms with Gasteiger partial charge in [0.2, 0.25) is 11.8 Å². The average molecular weight is 263 g/mol. The molecule has 5 heteroatoms. The Kier molecular flexibility index (Phi) is 6.02. The summed E-state index contributed by atoms with van der Waals surface area (Å²) in [5.41, 5.74) is 1.01. The minimum Gasteiger partial charge on any atom is -0.357 e. The molecule has 0 saturated heterocycles. The number of amides is 2. The summed E-state index contributed by atoms with van der Waals surface area (Å²) >= 11 is 0. The summed E-state index contributed by atoms with van der Waals surface area (Å²) in [6, 6.07) is 8.72. The van der Waals surface area contributed by atoms with Gasteiger partial charge in [0.05, 0.1) is 6.04 Å². The summed E-state index contributed by atoms with van der Waals surface area (Å²) in [5.74, 6) is -0.382. The third kappa shape index (κ3) is 4.71. The number of hydrogen-bond donors (Lipinski definition) is 3. The van der Waals surface area contributed by atoms with E-state index in [9.17, 15) is 9.59 Å². The van der Waals surface area contributed by atoms with Gasteiger partial charge >= 0.3 is 0 Å². The SMILES string of the molecule is CNC(=O)C(Cc1ccccc1)NC(=O)C(C)NC. The maximum Gasteiger partial charge on any atom is 0.242 e. The van der Waals surface area contributed by atoms with Crippen LogP contribution >= 0.6 is 0 Å². The van der Waals surface area contributed by atoms with E-state index in [1.807, 2.05) is 30.3 Å². The van der Waals surface area contributed by atoms with Crippen molar-refractivity contribution in [3.63, 3.8) is 0 Å². The summed E-state index contributed by atoms with van der Waals surface area (Å²) in [7, 11) is 3.27. The van der Waals surface area contributed by atoms with E-state index in [1.54, 1.807) is 21.0 Å². The maximum absolute atomic E-state index is 11.8.